The van der Waals surface area contributed by atoms with E-state index in [1.807, 2.05) is 0 Å². The van der Waals surface area contributed by atoms with Gasteiger partial charge in [-0.25, -0.2) is 4.79 Å². The van der Waals surface area contributed by atoms with Crippen molar-refractivity contribution in [2.75, 3.05) is 20.3 Å². The number of carbonyl (C=O) groups excluding carboxylic acids is 1. The number of benzene rings is 1. The van der Waals surface area contributed by atoms with Crippen molar-refractivity contribution in [1.82, 2.24) is 0 Å². The zero-order chi connectivity index (χ0) is 23.1. The van der Waals surface area contributed by atoms with Crippen LogP contribution in [0.5, 0.6) is 5.75 Å². The van der Waals surface area contributed by atoms with E-state index in [2.05, 4.69) is 0 Å². The highest BCUT2D eigenvalue weighted by molar-refractivity contribution is 6.37. The van der Waals surface area contributed by atoms with Gasteiger partial charge in [0.1, 0.15) is 11.7 Å². The lowest BCUT2D eigenvalue weighted by molar-refractivity contribution is -0.180. The smallest absolute Gasteiger partial charge is 0.343 e. The fourth-order valence-corrected chi connectivity index (χ4v) is 3.04. The van der Waals surface area contributed by atoms with Crippen molar-refractivity contribution < 1.29 is 39.1 Å². The fraction of sp³-hybridized carbons (Fsp3) is 0.650. The molecule has 0 spiro atoms. The summed E-state index contributed by atoms with van der Waals surface area (Å²) in [6.45, 7) is 6.45. The quantitative estimate of drug-likeness (QED) is 0.412. The number of carbonyl (C=O) groups is 1. The second-order valence-electron chi connectivity index (χ2n) is 7.66. The van der Waals surface area contributed by atoms with Crippen LogP contribution in [0.1, 0.15) is 50.9 Å². The predicted octanol–water partition coefficient (Wildman–Crippen LogP) is 3.16. The average molecular weight is 469 g/mol. The van der Waals surface area contributed by atoms with E-state index in [9.17, 15) is 9.90 Å². The maximum Gasteiger partial charge on any atom is 0.343 e. The van der Waals surface area contributed by atoms with Crippen molar-refractivity contribution in [1.29, 1.82) is 0 Å². The van der Waals surface area contributed by atoms with Crippen LogP contribution in [0.3, 0.4) is 0 Å². The lowest BCUT2D eigenvalue weighted by Gasteiger charge is -2.22. The van der Waals surface area contributed by atoms with Crippen molar-refractivity contribution in [2.45, 2.75) is 64.3 Å². The third-order valence-electron chi connectivity index (χ3n) is 3.73. The molecule has 0 bridgehead atoms. The van der Waals surface area contributed by atoms with Crippen molar-refractivity contribution in [2.24, 2.45) is 0 Å². The second-order valence-corrected chi connectivity index (χ2v) is 8.47. The molecule has 0 aromatic heterocycles. The summed E-state index contributed by atoms with van der Waals surface area (Å²) >= 11 is 12.2. The highest BCUT2D eigenvalue weighted by atomic mass is 35.5. The standard InChI is InChI=1S/C17H22Cl2O6.C3H8O2/c1-17(2,21)24-9-7-12-13(6-8-23-12)25-16(20)14-10(18)4-5-11(19)15(14)22-3;1-3(2,4)5/h4-5,12-13,21H,6-9H2,1-3H3;4-5H,1-2H3. The van der Waals surface area contributed by atoms with Crippen LogP contribution in [-0.4, -0.2) is 65.4 Å². The minimum atomic E-state index is -1.50. The number of halogens is 2. The van der Waals surface area contributed by atoms with Gasteiger partial charge >= 0.3 is 5.97 Å². The maximum absolute atomic E-state index is 12.6. The van der Waals surface area contributed by atoms with Gasteiger partial charge in [0.05, 0.1) is 36.5 Å². The molecule has 1 fully saturated rings. The number of esters is 1. The molecule has 1 aromatic rings. The molecule has 172 valence electrons. The Morgan fingerprint density at radius 3 is 2.27 bits per heavy atom. The summed E-state index contributed by atoms with van der Waals surface area (Å²) in [6, 6.07) is 3.07. The SMILES string of the molecule is CC(C)(O)O.COc1c(Cl)ccc(Cl)c1C(=O)OC1CCOC1CCOC(C)(C)O. The molecule has 10 heteroatoms. The van der Waals surface area contributed by atoms with Crippen molar-refractivity contribution in [3.05, 3.63) is 27.7 Å². The van der Waals surface area contributed by atoms with Gasteiger partial charge in [-0.3, -0.25) is 0 Å². The van der Waals surface area contributed by atoms with Gasteiger partial charge in [0, 0.05) is 12.8 Å². The Balaban J connectivity index is 0.000000804. The second kappa shape index (κ2) is 11.5. The largest absolute Gasteiger partial charge is 0.494 e. The highest BCUT2D eigenvalue weighted by Gasteiger charge is 2.33. The summed E-state index contributed by atoms with van der Waals surface area (Å²) in [4.78, 5) is 12.6. The van der Waals surface area contributed by atoms with Crippen LogP contribution in [0.2, 0.25) is 10.0 Å². The molecule has 0 aliphatic carbocycles. The number of rotatable bonds is 7. The summed E-state index contributed by atoms with van der Waals surface area (Å²) in [5.41, 5.74) is 0.0926. The first-order valence-corrected chi connectivity index (χ1v) is 10.1. The number of methoxy groups -OCH3 is 1. The van der Waals surface area contributed by atoms with E-state index >= 15 is 0 Å². The normalized spacial score (nSPS) is 19.1. The summed E-state index contributed by atoms with van der Waals surface area (Å²) in [5.74, 6) is -3.15. The zero-order valence-corrected chi connectivity index (χ0v) is 19.3. The molecule has 2 unspecified atom stereocenters. The molecule has 1 saturated heterocycles. The van der Waals surface area contributed by atoms with E-state index in [1.54, 1.807) is 19.9 Å². The Labute approximate surface area is 186 Å². The fourth-order valence-electron chi connectivity index (χ4n) is 2.58. The van der Waals surface area contributed by atoms with Crippen LogP contribution in [0.25, 0.3) is 0 Å². The zero-order valence-electron chi connectivity index (χ0n) is 17.8. The van der Waals surface area contributed by atoms with Crippen LogP contribution in [-0.2, 0) is 14.2 Å². The molecule has 3 N–H and O–H groups in total. The van der Waals surface area contributed by atoms with E-state index in [0.29, 0.717) is 19.4 Å². The highest BCUT2D eigenvalue weighted by Crippen LogP contribution is 2.35. The number of ether oxygens (including phenoxy) is 4. The first-order valence-electron chi connectivity index (χ1n) is 9.38. The molecule has 1 aromatic carbocycles. The lowest BCUT2D eigenvalue weighted by atomic mass is 10.1. The van der Waals surface area contributed by atoms with E-state index in [1.165, 1.54) is 27.0 Å². The first kappa shape index (κ1) is 26.9. The number of hydrogen-bond donors (Lipinski definition) is 3. The molecule has 0 amide bonds. The minimum Gasteiger partial charge on any atom is -0.494 e. The Morgan fingerprint density at radius 1 is 1.17 bits per heavy atom. The lowest BCUT2D eigenvalue weighted by Crippen LogP contribution is -2.31. The van der Waals surface area contributed by atoms with Crippen LogP contribution in [0, 0.1) is 0 Å². The average Bonchev–Trinajstić information content (AvgIpc) is 3.01. The molecular weight excluding hydrogens is 439 g/mol. The molecule has 0 radical (unpaired) electrons. The maximum atomic E-state index is 12.6. The summed E-state index contributed by atoms with van der Waals surface area (Å²) < 4.78 is 21.6. The van der Waals surface area contributed by atoms with Crippen molar-refractivity contribution >= 4 is 29.2 Å². The molecule has 2 rings (SSSR count). The number of aliphatic hydroxyl groups is 3. The van der Waals surface area contributed by atoms with Crippen molar-refractivity contribution in [3.63, 3.8) is 0 Å². The van der Waals surface area contributed by atoms with Gasteiger partial charge in [-0.2, -0.15) is 0 Å². The van der Waals surface area contributed by atoms with Crippen molar-refractivity contribution in [3.8, 4) is 5.75 Å². The van der Waals surface area contributed by atoms with E-state index in [0.717, 1.165) is 0 Å². The van der Waals surface area contributed by atoms with E-state index < -0.39 is 23.6 Å². The van der Waals surface area contributed by atoms with Crippen LogP contribution in [0.4, 0.5) is 0 Å². The first-order chi connectivity index (χ1) is 13.7. The monoisotopic (exact) mass is 468 g/mol. The summed E-state index contributed by atoms with van der Waals surface area (Å²) in [6.07, 6.45) is 0.315. The van der Waals surface area contributed by atoms with Gasteiger partial charge < -0.3 is 34.3 Å². The molecule has 1 aliphatic heterocycles. The molecule has 1 heterocycles. The molecule has 2 atom stereocenters. The van der Waals surface area contributed by atoms with Gasteiger partial charge in [-0.15, -0.1) is 0 Å². The van der Waals surface area contributed by atoms with Crippen LogP contribution in [0.15, 0.2) is 12.1 Å². The Bertz CT molecular complexity index is 691. The minimum absolute atomic E-state index is 0.0926. The molecular formula is C20H30Cl2O8. The van der Waals surface area contributed by atoms with Gasteiger partial charge in [0.25, 0.3) is 0 Å². The molecule has 0 saturated carbocycles. The molecule has 30 heavy (non-hydrogen) atoms. The van der Waals surface area contributed by atoms with Gasteiger partial charge in [0.15, 0.2) is 17.3 Å². The molecule has 8 nitrogen and oxygen atoms in total. The topological polar surface area (TPSA) is 115 Å². The van der Waals surface area contributed by atoms with Crippen LogP contribution >= 0.6 is 23.2 Å². The predicted molar refractivity (Wildman–Crippen MR) is 112 cm³/mol. The van der Waals surface area contributed by atoms with Gasteiger partial charge in [-0.1, -0.05) is 23.2 Å². The Morgan fingerprint density at radius 2 is 1.73 bits per heavy atom. The summed E-state index contributed by atoms with van der Waals surface area (Å²) in [5, 5.41) is 26.2. The summed E-state index contributed by atoms with van der Waals surface area (Å²) in [7, 11) is 1.41. The third kappa shape index (κ3) is 9.78. The van der Waals surface area contributed by atoms with E-state index in [-0.39, 0.29) is 34.1 Å². The Kier molecular flexibility index (Phi) is 10.3. The Hall–Kier alpha value is -1.13. The number of hydrogen-bond acceptors (Lipinski definition) is 8. The van der Waals surface area contributed by atoms with Crippen LogP contribution < -0.4 is 4.74 Å². The van der Waals surface area contributed by atoms with E-state index in [4.69, 9.17) is 52.4 Å². The molecule has 1 aliphatic rings. The third-order valence-corrected chi connectivity index (χ3v) is 4.34. The van der Waals surface area contributed by atoms with Gasteiger partial charge in [-0.05, 0) is 39.8 Å². The van der Waals surface area contributed by atoms with Gasteiger partial charge in [0.2, 0.25) is 0 Å².